The van der Waals surface area contributed by atoms with E-state index in [1.54, 1.807) is 4.68 Å². The Morgan fingerprint density at radius 2 is 2.18 bits per heavy atom. The third-order valence-corrected chi connectivity index (χ3v) is 3.76. The van der Waals surface area contributed by atoms with E-state index in [2.05, 4.69) is 15.3 Å². The van der Waals surface area contributed by atoms with Crippen LogP contribution >= 0.6 is 22.9 Å². The zero-order valence-corrected chi connectivity index (χ0v) is 10.1. The maximum Gasteiger partial charge on any atom is 0.214 e. The van der Waals surface area contributed by atoms with Gasteiger partial charge in [0.15, 0.2) is 0 Å². The fourth-order valence-corrected chi connectivity index (χ4v) is 2.60. The summed E-state index contributed by atoms with van der Waals surface area (Å²) in [6, 6.07) is 7.59. The van der Waals surface area contributed by atoms with E-state index in [1.807, 2.05) is 24.3 Å². The summed E-state index contributed by atoms with van der Waals surface area (Å²) in [4.78, 5) is 4.78. The average molecular weight is 267 g/mol. The molecule has 2 heterocycles. The molecule has 0 bridgehead atoms. The summed E-state index contributed by atoms with van der Waals surface area (Å²) in [6.07, 6.45) is 0. The van der Waals surface area contributed by atoms with Gasteiger partial charge in [-0.05, 0) is 12.1 Å². The maximum atomic E-state index is 9.08. The van der Waals surface area contributed by atoms with E-state index in [9.17, 15) is 0 Å². The summed E-state index contributed by atoms with van der Waals surface area (Å²) < 4.78 is 1.62. The van der Waals surface area contributed by atoms with Crippen LogP contribution in [0.2, 0.25) is 5.15 Å². The van der Waals surface area contributed by atoms with Crippen molar-refractivity contribution in [3.05, 3.63) is 34.3 Å². The first-order valence-corrected chi connectivity index (χ1v) is 6.06. The van der Waals surface area contributed by atoms with Crippen LogP contribution in [0.1, 0.15) is 4.88 Å². The molecule has 5 nitrogen and oxygen atoms in total. The molecule has 0 radical (unpaired) electrons. The smallest absolute Gasteiger partial charge is 0.214 e. The third-order valence-electron chi connectivity index (χ3n) is 2.31. The van der Waals surface area contributed by atoms with Crippen molar-refractivity contribution in [1.29, 1.82) is 0 Å². The molecule has 2 aromatic heterocycles. The van der Waals surface area contributed by atoms with Gasteiger partial charge in [0.25, 0.3) is 0 Å². The molecule has 3 rings (SSSR count). The lowest BCUT2D eigenvalue weighted by Crippen LogP contribution is -1.94. The van der Waals surface area contributed by atoms with Crippen molar-refractivity contribution in [2.75, 3.05) is 0 Å². The Kier molecular flexibility index (Phi) is 2.54. The SMILES string of the molecule is OCc1sc(-n2nnc3ccccc32)nc1Cl. The monoisotopic (exact) mass is 266 g/mol. The molecule has 1 aromatic carbocycles. The summed E-state index contributed by atoms with van der Waals surface area (Å²) in [7, 11) is 0. The molecular formula is C10H7ClN4OS. The number of benzene rings is 1. The van der Waals surface area contributed by atoms with Crippen LogP contribution in [0.4, 0.5) is 0 Å². The molecular weight excluding hydrogens is 260 g/mol. The lowest BCUT2D eigenvalue weighted by atomic mass is 10.3. The zero-order chi connectivity index (χ0) is 11.8. The summed E-state index contributed by atoms with van der Waals surface area (Å²) >= 11 is 7.19. The Balaban J connectivity index is 2.20. The number of aliphatic hydroxyl groups excluding tert-OH is 1. The number of hydrogen-bond donors (Lipinski definition) is 1. The van der Waals surface area contributed by atoms with Gasteiger partial charge < -0.3 is 5.11 Å². The summed E-state index contributed by atoms with van der Waals surface area (Å²) in [5, 5.41) is 18.1. The molecule has 0 fully saturated rings. The number of halogens is 1. The molecule has 7 heteroatoms. The third kappa shape index (κ3) is 1.70. The van der Waals surface area contributed by atoms with Crippen molar-refractivity contribution in [2.24, 2.45) is 0 Å². The Morgan fingerprint density at radius 3 is 2.94 bits per heavy atom. The highest BCUT2D eigenvalue weighted by atomic mass is 35.5. The number of para-hydroxylation sites is 1. The van der Waals surface area contributed by atoms with Crippen LogP contribution in [0.25, 0.3) is 16.2 Å². The fourth-order valence-electron chi connectivity index (χ4n) is 1.52. The van der Waals surface area contributed by atoms with Crippen LogP contribution in [0.5, 0.6) is 0 Å². The van der Waals surface area contributed by atoms with Gasteiger partial charge in [0.2, 0.25) is 5.13 Å². The minimum Gasteiger partial charge on any atom is -0.391 e. The first-order valence-electron chi connectivity index (χ1n) is 4.86. The van der Waals surface area contributed by atoms with Crippen LogP contribution in [0.15, 0.2) is 24.3 Å². The van der Waals surface area contributed by atoms with Gasteiger partial charge in [0.1, 0.15) is 10.7 Å². The second-order valence-electron chi connectivity index (χ2n) is 3.36. The summed E-state index contributed by atoms with van der Waals surface area (Å²) in [5.74, 6) is 0. The van der Waals surface area contributed by atoms with Crippen molar-refractivity contribution in [1.82, 2.24) is 20.0 Å². The highest BCUT2D eigenvalue weighted by Gasteiger charge is 2.13. The molecule has 0 atom stereocenters. The molecule has 0 unspecified atom stereocenters. The molecule has 0 saturated heterocycles. The Bertz CT molecular complexity index is 678. The Morgan fingerprint density at radius 1 is 1.35 bits per heavy atom. The minimum atomic E-state index is -0.122. The molecule has 0 aliphatic rings. The first-order chi connectivity index (χ1) is 8.29. The largest absolute Gasteiger partial charge is 0.391 e. The van der Waals surface area contributed by atoms with Crippen molar-refractivity contribution in [3.8, 4) is 5.13 Å². The number of thiazole rings is 1. The molecule has 0 aliphatic heterocycles. The van der Waals surface area contributed by atoms with Gasteiger partial charge in [0, 0.05) is 0 Å². The van der Waals surface area contributed by atoms with Gasteiger partial charge in [0.05, 0.1) is 17.0 Å². The van der Waals surface area contributed by atoms with Gasteiger partial charge in [-0.1, -0.05) is 40.3 Å². The fraction of sp³-hybridized carbons (Fsp3) is 0.100. The van der Waals surface area contributed by atoms with Gasteiger partial charge in [-0.3, -0.25) is 0 Å². The van der Waals surface area contributed by atoms with E-state index < -0.39 is 0 Å². The van der Waals surface area contributed by atoms with E-state index in [4.69, 9.17) is 16.7 Å². The molecule has 0 aliphatic carbocycles. The molecule has 3 aromatic rings. The topological polar surface area (TPSA) is 63.8 Å². The van der Waals surface area contributed by atoms with Crippen LogP contribution in [-0.2, 0) is 6.61 Å². The highest BCUT2D eigenvalue weighted by Crippen LogP contribution is 2.27. The zero-order valence-electron chi connectivity index (χ0n) is 8.54. The number of aromatic nitrogens is 4. The van der Waals surface area contributed by atoms with Gasteiger partial charge in [-0.15, -0.1) is 5.10 Å². The van der Waals surface area contributed by atoms with Crippen LogP contribution in [0, 0.1) is 0 Å². The van der Waals surface area contributed by atoms with E-state index in [0.717, 1.165) is 11.0 Å². The Hall–Kier alpha value is -1.50. The Labute approximate surface area is 105 Å². The number of rotatable bonds is 2. The molecule has 1 N–H and O–H groups in total. The van der Waals surface area contributed by atoms with E-state index in [1.165, 1.54) is 11.3 Å². The molecule has 0 spiro atoms. The summed E-state index contributed by atoms with van der Waals surface area (Å²) in [6.45, 7) is -0.122. The van der Waals surface area contributed by atoms with Crippen LogP contribution in [0.3, 0.4) is 0 Å². The molecule has 0 amide bonds. The highest BCUT2D eigenvalue weighted by molar-refractivity contribution is 7.14. The normalized spacial score (nSPS) is 11.2. The summed E-state index contributed by atoms with van der Waals surface area (Å²) in [5.41, 5.74) is 1.66. The second kappa shape index (κ2) is 4.06. The van der Waals surface area contributed by atoms with Crippen molar-refractivity contribution >= 4 is 34.0 Å². The van der Waals surface area contributed by atoms with Gasteiger partial charge in [-0.25, -0.2) is 4.98 Å². The number of aliphatic hydroxyl groups is 1. The number of nitrogens with zero attached hydrogens (tertiary/aromatic N) is 4. The predicted octanol–water partition coefficient (Wildman–Crippen LogP) is 2.02. The standard InChI is InChI=1S/C10H7ClN4OS/c11-9-8(5-16)17-10(12-9)15-7-4-2-1-3-6(7)13-14-15/h1-4,16H,5H2. The van der Waals surface area contributed by atoms with E-state index in [0.29, 0.717) is 15.2 Å². The van der Waals surface area contributed by atoms with Crippen LogP contribution in [-0.4, -0.2) is 25.1 Å². The predicted molar refractivity (Wildman–Crippen MR) is 65.5 cm³/mol. The first kappa shape index (κ1) is 10.6. The average Bonchev–Trinajstić information content (AvgIpc) is 2.92. The molecule has 17 heavy (non-hydrogen) atoms. The maximum absolute atomic E-state index is 9.08. The van der Waals surface area contributed by atoms with E-state index in [-0.39, 0.29) is 6.61 Å². The number of fused-ring (bicyclic) bond motifs is 1. The van der Waals surface area contributed by atoms with Crippen molar-refractivity contribution in [2.45, 2.75) is 6.61 Å². The van der Waals surface area contributed by atoms with Crippen molar-refractivity contribution in [3.63, 3.8) is 0 Å². The number of hydrogen-bond acceptors (Lipinski definition) is 5. The minimum absolute atomic E-state index is 0.122. The lowest BCUT2D eigenvalue weighted by molar-refractivity contribution is 0.285. The molecule has 86 valence electrons. The second-order valence-corrected chi connectivity index (χ2v) is 4.78. The van der Waals surface area contributed by atoms with E-state index >= 15 is 0 Å². The lowest BCUT2D eigenvalue weighted by Gasteiger charge is -1.94. The van der Waals surface area contributed by atoms with Crippen LogP contribution < -0.4 is 0 Å². The van der Waals surface area contributed by atoms with Crippen molar-refractivity contribution < 1.29 is 5.11 Å². The quantitative estimate of drug-likeness (QED) is 0.771. The molecule has 0 saturated carbocycles. The van der Waals surface area contributed by atoms with Gasteiger partial charge >= 0.3 is 0 Å². The van der Waals surface area contributed by atoms with Gasteiger partial charge in [-0.2, -0.15) is 4.68 Å².